The highest BCUT2D eigenvalue weighted by atomic mass is 16.2. The molecule has 2 aromatic rings. The molecule has 0 radical (unpaired) electrons. The van der Waals surface area contributed by atoms with Crippen molar-refractivity contribution in [1.29, 1.82) is 0 Å². The fourth-order valence-electron chi connectivity index (χ4n) is 4.81. The lowest BCUT2D eigenvalue weighted by molar-refractivity contribution is -0.129. The van der Waals surface area contributed by atoms with Crippen molar-refractivity contribution in [2.75, 3.05) is 6.54 Å². The lowest BCUT2D eigenvalue weighted by atomic mass is 9.88. The molecule has 2 heterocycles. The normalized spacial score (nSPS) is 19.4. The topological polar surface area (TPSA) is 62.3 Å². The molecule has 1 aromatic heterocycles. The summed E-state index contributed by atoms with van der Waals surface area (Å²) in [6.45, 7) is 5.21. The maximum absolute atomic E-state index is 12.9. The van der Waals surface area contributed by atoms with E-state index in [0.717, 1.165) is 24.8 Å². The van der Waals surface area contributed by atoms with Gasteiger partial charge in [0.1, 0.15) is 0 Å². The number of carbonyl (C=O) groups excluding carboxylic acids is 2. The molecule has 5 heteroatoms. The van der Waals surface area contributed by atoms with Gasteiger partial charge in [0.25, 0.3) is 0 Å². The van der Waals surface area contributed by atoms with Gasteiger partial charge in [0.05, 0.1) is 5.92 Å². The van der Waals surface area contributed by atoms with Gasteiger partial charge in [-0.2, -0.15) is 0 Å². The Labute approximate surface area is 172 Å². The van der Waals surface area contributed by atoms with Gasteiger partial charge in [0.2, 0.25) is 11.8 Å². The van der Waals surface area contributed by atoms with E-state index >= 15 is 0 Å². The second kappa shape index (κ2) is 7.97. The summed E-state index contributed by atoms with van der Waals surface area (Å²) >= 11 is 0. The molecule has 5 nitrogen and oxygen atoms in total. The number of fused-ring (bicyclic) bond motifs is 1. The number of pyridine rings is 1. The molecule has 29 heavy (non-hydrogen) atoms. The second-order valence-electron chi connectivity index (χ2n) is 9.15. The molecule has 1 saturated heterocycles. The molecule has 0 bridgehead atoms. The minimum atomic E-state index is -0.286. The Kier molecular flexibility index (Phi) is 5.39. The molecular weight excluding hydrogens is 362 g/mol. The Balaban J connectivity index is 1.31. The Hall–Kier alpha value is -2.69. The second-order valence-corrected chi connectivity index (χ2v) is 9.15. The molecular formula is C24H29N3O2. The van der Waals surface area contributed by atoms with E-state index in [-0.39, 0.29) is 23.3 Å². The third-order valence-corrected chi connectivity index (χ3v) is 6.10. The summed E-state index contributed by atoms with van der Waals surface area (Å²) in [4.78, 5) is 31.1. The average molecular weight is 392 g/mol. The molecule has 1 aromatic carbocycles. The van der Waals surface area contributed by atoms with Gasteiger partial charge >= 0.3 is 0 Å². The lowest BCUT2D eigenvalue weighted by Crippen LogP contribution is -2.47. The van der Waals surface area contributed by atoms with Gasteiger partial charge in [0, 0.05) is 37.4 Å². The monoisotopic (exact) mass is 391 g/mol. The molecule has 1 atom stereocenters. The molecule has 1 aliphatic heterocycles. The lowest BCUT2D eigenvalue weighted by Gasteiger charge is -2.30. The van der Waals surface area contributed by atoms with Crippen LogP contribution < -0.4 is 5.32 Å². The van der Waals surface area contributed by atoms with Crippen LogP contribution in [-0.2, 0) is 29.0 Å². The first-order chi connectivity index (χ1) is 13.9. The summed E-state index contributed by atoms with van der Waals surface area (Å²) < 4.78 is 0. The van der Waals surface area contributed by atoms with E-state index in [1.54, 1.807) is 17.3 Å². The third-order valence-electron chi connectivity index (χ3n) is 6.10. The van der Waals surface area contributed by atoms with Crippen LogP contribution in [0.2, 0.25) is 0 Å². The zero-order valence-electron chi connectivity index (χ0n) is 17.2. The Morgan fingerprint density at radius 3 is 2.41 bits per heavy atom. The van der Waals surface area contributed by atoms with Gasteiger partial charge in [0.15, 0.2) is 0 Å². The summed E-state index contributed by atoms with van der Waals surface area (Å²) in [5, 5.41) is 3.23. The number of hydrogen-bond donors (Lipinski definition) is 1. The molecule has 1 N–H and O–H groups in total. The molecule has 2 amide bonds. The number of benzene rings is 1. The van der Waals surface area contributed by atoms with E-state index in [4.69, 9.17) is 0 Å². The van der Waals surface area contributed by atoms with Crippen molar-refractivity contribution >= 4 is 11.8 Å². The van der Waals surface area contributed by atoms with E-state index in [1.165, 1.54) is 11.1 Å². The van der Waals surface area contributed by atoms with Gasteiger partial charge in [-0.3, -0.25) is 14.6 Å². The van der Waals surface area contributed by atoms with Crippen LogP contribution in [0.25, 0.3) is 0 Å². The summed E-state index contributed by atoms with van der Waals surface area (Å²) in [5.74, 6) is 0.322. The fourth-order valence-corrected chi connectivity index (χ4v) is 4.81. The average Bonchev–Trinajstić information content (AvgIpc) is 3.24. The zero-order chi connectivity index (χ0) is 20.4. The van der Waals surface area contributed by atoms with Crippen LogP contribution in [0, 0.1) is 11.8 Å². The SMILES string of the molecule is CC(C)(CC1Cc2ccccc2C1)NC(=O)[C@H]1CC(=O)N(Cc2ccncc2)C1. The number of likely N-dealkylation sites (tertiary alicyclic amines) is 1. The van der Waals surface area contributed by atoms with Crippen LogP contribution >= 0.6 is 0 Å². The van der Waals surface area contributed by atoms with E-state index in [1.807, 2.05) is 12.1 Å². The van der Waals surface area contributed by atoms with E-state index < -0.39 is 0 Å². The minimum absolute atomic E-state index is 0.00362. The van der Waals surface area contributed by atoms with E-state index in [0.29, 0.717) is 25.4 Å². The van der Waals surface area contributed by atoms with E-state index in [9.17, 15) is 9.59 Å². The van der Waals surface area contributed by atoms with Crippen LogP contribution in [0.1, 0.15) is 43.4 Å². The van der Waals surface area contributed by atoms with Gasteiger partial charge in [-0.05, 0) is 67.9 Å². The maximum Gasteiger partial charge on any atom is 0.225 e. The van der Waals surface area contributed by atoms with Crippen LogP contribution in [0.5, 0.6) is 0 Å². The molecule has 0 spiro atoms. The molecule has 4 rings (SSSR count). The third kappa shape index (κ3) is 4.66. The van der Waals surface area contributed by atoms with Crippen molar-refractivity contribution in [2.45, 2.75) is 51.6 Å². The number of carbonyl (C=O) groups is 2. The molecule has 0 unspecified atom stereocenters. The fraction of sp³-hybridized carbons (Fsp3) is 0.458. The Morgan fingerprint density at radius 2 is 1.76 bits per heavy atom. The molecule has 1 fully saturated rings. The van der Waals surface area contributed by atoms with Gasteiger partial charge in [-0.25, -0.2) is 0 Å². The van der Waals surface area contributed by atoms with Crippen LogP contribution in [0.4, 0.5) is 0 Å². The molecule has 2 aliphatic rings. The molecule has 1 aliphatic carbocycles. The van der Waals surface area contributed by atoms with Crippen molar-refractivity contribution in [3.05, 3.63) is 65.5 Å². The van der Waals surface area contributed by atoms with Crippen molar-refractivity contribution in [2.24, 2.45) is 11.8 Å². The Morgan fingerprint density at radius 1 is 1.10 bits per heavy atom. The van der Waals surface area contributed by atoms with Gasteiger partial charge in [-0.15, -0.1) is 0 Å². The first-order valence-corrected chi connectivity index (χ1v) is 10.4. The van der Waals surface area contributed by atoms with Crippen molar-refractivity contribution in [1.82, 2.24) is 15.2 Å². The van der Waals surface area contributed by atoms with Crippen LogP contribution in [-0.4, -0.2) is 33.8 Å². The summed E-state index contributed by atoms with van der Waals surface area (Å²) in [6.07, 6.45) is 6.85. The maximum atomic E-state index is 12.9. The van der Waals surface area contributed by atoms with Crippen molar-refractivity contribution in [3.8, 4) is 0 Å². The van der Waals surface area contributed by atoms with Crippen molar-refractivity contribution < 1.29 is 9.59 Å². The van der Waals surface area contributed by atoms with Crippen LogP contribution in [0.15, 0.2) is 48.8 Å². The first-order valence-electron chi connectivity index (χ1n) is 10.4. The molecule has 152 valence electrons. The van der Waals surface area contributed by atoms with Crippen molar-refractivity contribution in [3.63, 3.8) is 0 Å². The van der Waals surface area contributed by atoms with Gasteiger partial charge < -0.3 is 10.2 Å². The highest BCUT2D eigenvalue weighted by molar-refractivity contribution is 5.89. The van der Waals surface area contributed by atoms with E-state index in [2.05, 4.69) is 48.4 Å². The zero-order valence-corrected chi connectivity index (χ0v) is 17.2. The number of hydrogen-bond acceptors (Lipinski definition) is 3. The predicted octanol–water partition coefficient (Wildman–Crippen LogP) is 3.13. The van der Waals surface area contributed by atoms with Gasteiger partial charge in [-0.1, -0.05) is 24.3 Å². The number of amides is 2. The van der Waals surface area contributed by atoms with Crippen LogP contribution in [0.3, 0.4) is 0 Å². The highest BCUT2D eigenvalue weighted by Crippen LogP contribution is 2.32. The minimum Gasteiger partial charge on any atom is -0.351 e. The first kappa shape index (κ1) is 19.6. The Bertz CT molecular complexity index is 869. The number of nitrogens with zero attached hydrogens (tertiary/aromatic N) is 2. The smallest absolute Gasteiger partial charge is 0.225 e. The molecule has 0 saturated carbocycles. The number of nitrogens with one attached hydrogen (secondary N) is 1. The highest BCUT2D eigenvalue weighted by Gasteiger charge is 2.37. The summed E-state index contributed by atoms with van der Waals surface area (Å²) in [7, 11) is 0. The quantitative estimate of drug-likeness (QED) is 0.823. The number of aromatic nitrogens is 1. The summed E-state index contributed by atoms with van der Waals surface area (Å²) in [6, 6.07) is 12.4. The standard InChI is InChI=1S/C24H29N3O2/c1-24(2,14-18-11-19-5-3-4-6-20(19)12-18)26-23(29)21-13-22(28)27(16-21)15-17-7-9-25-10-8-17/h3-10,18,21H,11-16H2,1-2H3,(H,26,29)/t21-/m0/s1. The summed E-state index contributed by atoms with van der Waals surface area (Å²) in [5.41, 5.74) is 3.63. The number of rotatable bonds is 6. The largest absolute Gasteiger partial charge is 0.351 e. The predicted molar refractivity (Wildman–Crippen MR) is 112 cm³/mol.